The van der Waals surface area contributed by atoms with Gasteiger partial charge in [-0.25, -0.2) is 0 Å². The number of carbonyl (C=O) groups excluding carboxylic acids is 1. The van der Waals surface area contributed by atoms with E-state index in [2.05, 4.69) is 15.3 Å². The molecule has 1 amide bonds. The highest BCUT2D eigenvalue weighted by Gasteiger charge is 2.04. The molecule has 0 spiro atoms. The highest BCUT2D eigenvalue weighted by molar-refractivity contribution is 5.91. The van der Waals surface area contributed by atoms with Crippen LogP contribution < -0.4 is 10.9 Å². The summed E-state index contributed by atoms with van der Waals surface area (Å²) < 4.78 is 0. The molecule has 2 N–H and O–H groups in total. The summed E-state index contributed by atoms with van der Waals surface area (Å²) in [7, 11) is 0. The fraction of sp³-hybridized carbons (Fsp3) is 0.444. The summed E-state index contributed by atoms with van der Waals surface area (Å²) >= 11 is 0. The van der Waals surface area contributed by atoms with Gasteiger partial charge in [-0.05, 0) is 6.42 Å². The molecular formula is C9H13N3O2. The van der Waals surface area contributed by atoms with Crippen LogP contribution in [0.1, 0.15) is 30.3 Å². The van der Waals surface area contributed by atoms with Gasteiger partial charge in [0.25, 0.3) is 11.5 Å². The summed E-state index contributed by atoms with van der Waals surface area (Å²) in [5.41, 5.74) is -0.165. The highest BCUT2D eigenvalue weighted by atomic mass is 16.2. The number of nitrogens with one attached hydrogen (secondary N) is 2. The molecule has 1 rings (SSSR count). The maximum absolute atomic E-state index is 11.4. The molecule has 5 heteroatoms. The Balaban J connectivity index is 2.56. The van der Waals surface area contributed by atoms with Gasteiger partial charge in [0.1, 0.15) is 5.69 Å². The lowest BCUT2D eigenvalue weighted by atomic mass is 10.3. The van der Waals surface area contributed by atoms with Gasteiger partial charge in [0.05, 0.1) is 12.4 Å². The van der Waals surface area contributed by atoms with Crippen molar-refractivity contribution in [2.45, 2.75) is 19.8 Å². The average Bonchev–Trinajstić information content (AvgIpc) is 2.18. The first-order valence-corrected chi connectivity index (χ1v) is 4.56. The van der Waals surface area contributed by atoms with Crippen molar-refractivity contribution in [3.8, 4) is 0 Å². The number of H-pyrrole nitrogens is 1. The Morgan fingerprint density at radius 2 is 2.36 bits per heavy atom. The Hall–Kier alpha value is -1.65. The monoisotopic (exact) mass is 195 g/mol. The van der Waals surface area contributed by atoms with Crippen LogP contribution in [0.15, 0.2) is 17.2 Å². The van der Waals surface area contributed by atoms with Crippen molar-refractivity contribution in [3.63, 3.8) is 0 Å². The summed E-state index contributed by atoms with van der Waals surface area (Å²) in [5.74, 6) is -0.288. The Morgan fingerprint density at radius 3 is 3.00 bits per heavy atom. The van der Waals surface area contributed by atoms with Crippen LogP contribution in [0.4, 0.5) is 0 Å². The van der Waals surface area contributed by atoms with Gasteiger partial charge in [-0.15, -0.1) is 0 Å². The summed E-state index contributed by atoms with van der Waals surface area (Å²) in [6.07, 6.45) is 4.41. The SMILES string of the molecule is CCCCNC(=O)c1cncc(=O)[nH]1. The molecule has 0 saturated heterocycles. The molecular weight excluding hydrogens is 182 g/mol. The molecule has 0 bridgehead atoms. The van der Waals surface area contributed by atoms with Gasteiger partial charge in [0.15, 0.2) is 0 Å². The smallest absolute Gasteiger partial charge is 0.269 e. The minimum Gasteiger partial charge on any atom is -0.351 e. The number of amides is 1. The molecule has 0 radical (unpaired) electrons. The van der Waals surface area contributed by atoms with Crippen LogP contribution in [-0.2, 0) is 0 Å². The number of carbonyl (C=O) groups is 1. The highest BCUT2D eigenvalue weighted by Crippen LogP contribution is 1.88. The third-order valence-electron chi connectivity index (χ3n) is 1.71. The average molecular weight is 195 g/mol. The number of hydrogen-bond donors (Lipinski definition) is 2. The Morgan fingerprint density at radius 1 is 1.57 bits per heavy atom. The minimum absolute atomic E-state index is 0.202. The molecule has 0 aliphatic carbocycles. The van der Waals surface area contributed by atoms with Gasteiger partial charge in [-0.3, -0.25) is 14.6 Å². The van der Waals surface area contributed by atoms with Gasteiger partial charge in [0.2, 0.25) is 0 Å². The molecule has 0 aromatic carbocycles. The zero-order chi connectivity index (χ0) is 10.4. The van der Waals surface area contributed by atoms with Crippen molar-refractivity contribution >= 4 is 5.91 Å². The van der Waals surface area contributed by atoms with E-state index in [4.69, 9.17) is 0 Å². The quantitative estimate of drug-likeness (QED) is 0.678. The molecule has 1 aromatic rings. The maximum Gasteiger partial charge on any atom is 0.269 e. The van der Waals surface area contributed by atoms with Crippen molar-refractivity contribution < 1.29 is 4.79 Å². The molecule has 5 nitrogen and oxygen atoms in total. The number of hydrogen-bond acceptors (Lipinski definition) is 3. The van der Waals surface area contributed by atoms with Crippen molar-refractivity contribution in [2.75, 3.05) is 6.54 Å². The van der Waals surface area contributed by atoms with Crippen molar-refractivity contribution in [2.24, 2.45) is 0 Å². The lowest BCUT2D eigenvalue weighted by molar-refractivity contribution is 0.0947. The van der Waals surface area contributed by atoms with E-state index in [-0.39, 0.29) is 17.2 Å². The van der Waals surface area contributed by atoms with Gasteiger partial charge < -0.3 is 10.3 Å². The van der Waals surface area contributed by atoms with Crippen LogP contribution in [0.3, 0.4) is 0 Å². The Bertz CT molecular complexity index is 359. The summed E-state index contributed by atoms with van der Waals surface area (Å²) in [6, 6.07) is 0. The van der Waals surface area contributed by atoms with Crippen molar-refractivity contribution in [1.82, 2.24) is 15.3 Å². The summed E-state index contributed by atoms with van der Waals surface area (Å²) in [6.45, 7) is 2.66. The third-order valence-corrected chi connectivity index (χ3v) is 1.71. The van der Waals surface area contributed by atoms with E-state index in [0.29, 0.717) is 6.54 Å². The Labute approximate surface area is 81.6 Å². The molecule has 0 fully saturated rings. The number of aromatic nitrogens is 2. The second-order valence-corrected chi connectivity index (χ2v) is 2.92. The van der Waals surface area contributed by atoms with Gasteiger partial charge >= 0.3 is 0 Å². The fourth-order valence-electron chi connectivity index (χ4n) is 0.966. The number of aromatic amines is 1. The van der Waals surface area contributed by atoms with Gasteiger partial charge in [-0.2, -0.15) is 0 Å². The Kier molecular flexibility index (Phi) is 3.84. The second-order valence-electron chi connectivity index (χ2n) is 2.92. The van der Waals surface area contributed by atoms with Crippen LogP contribution in [-0.4, -0.2) is 22.4 Å². The van der Waals surface area contributed by atoms with Crippen LogP contribution in [0.2, 0.25) is 0 Å². The normalized spacial score (nSPS) is 9.79. The zero-order valence-corrected chi connectivity index (χ0v) is 8.04. The van der Waals surface area contributed by atoms with Crippen LogP contribution >= 0.6 is 0 Å². The molecule has 0 unspecified atom stereocenters. The van der Waals surface area contributed by atoms with E-state index in [9.17, 15) is 9.59 Å². The first-order chi connectivity index (χ1) is 6.74. The third kappa shape index (κ3) is 3.01. The van der Waals surface area contributed by atoms with E-state index >= 15 is 0 Å². The largest absolute Gasteiger partial charge is 0.351 e. The number of unbranched alkanes of at least 4 members (excludes halogenated alkanes) is 1. The first kappa shape index (κ1) is 10.4. The predicted molar refractivity (Wildman–Crippen MR) is 52.1 cm³/mol. The molecule has 0 saturated carbocycles. The summed E-state index contributed by atoms with van der Waals surface area (Å²) in [5, 5.41) is 2.68. The van der Waals surface area contributed by atoms with Crippen LogP contribution in [0.25, 0.3) is 0 Å². The van der Waals surface area contributed by atoms with E-state index in [1.165, 1.54) is 6.20 Å². The van der Waals surface area contributed by atoms with E-state index in [1.54, 1.807) is 0 Å². The number of nitrogens with zero attached hydrogens (tertiary/aromatic N) is 1. The van der Waals surface area contributed by atoms with E-state index < -0.39 is 0 Å². The maximum atomic E-state index is 11.4. The lowest BCUT2D eigenvalue weighted by Crippen LogP contribution is -2.27. The molecule has 1 heterocycles. The van der Waals surface area contributed by atoms with Crippen LogP contribution in [0.5, 0.6) is 0 Å². The summed E-state index contributed by atoms with van der Waals surface area (Å²) in [4.78, 5) is 28.2. The topological polar surface area (TPSA) is 74.8 Å². The lowest BCUT2D eigenvalue weighted by Gasteiger charge is -2.02. The minimum atomic E-state index is -0.367. The predicted octanol–water partition coefficient (Wildman–Crippen LogP) is 0.300. The van der Waals surface area contributed by atoms with Gasteiger partial charge in [0, 0.05) is 6.54 Å². The second kappa shape index (κ2) is 5.16. The number of rotatable bonds is 4. The van der Waals surface area contributed by atoms with Crippen molar-refractivity contribution in [3.05, 3.63) is 28.4 Å². The molecule has 76 valence electrons. The standard InChI is InChI=1S/C9H13N3O2/c1-2-3-4-11-9(14)7-5-10-6-8(13)12-7/h5-6H,2-4H2,1H3,(H,11,14)(H,12,13). The molecule has 0 aliphatic rings. The molecule has 14 heavy (non-hydrogen) atoms. The molecule has 0 aliphatic heterocycles. The molecule has 0 atom stereocenters. The zero-order valence-electron chi connectivity index (χ0n) is 8.04. The fourth-order valence-corrected chi connectivity index (χ4v) is 0.966. The first-order valence-electron chi connectivity index (χ1n) is 4.56. The van der Waals surface area contributed by atoms with Crippen molar-refractivity contribution in [1.29, 1.82) is 0 Å². The van der Waals surface area contributed by atoms with E-state index in [1.807, 2.05) is 6.92 Å². The van der Waals surface area contributed by atoms with E-state index in [0.717, 1.165) is 19.0 Å². The van der Waals surface area contributed by atoms with Crippen LogP contribution in [0, 0.1) is 0 Å². The van der Waals surface area contributed by atoms with Gasteiger partial charge in [-0.1, -0.05) is 13.3 Å². The molecule has 1 aromatic heterocycles.